The molecular weight excluding hydrogens is 432 g/mol. The molecule has 0 spiro atoms. The minimum Gasteiger partial charge on any atom is -0.467 e. The smallest absolute Gasteiger partial charge is 0.334 e. The first-order chi connectivity index (χ1) is 16.4. The number of ether oxygens (including phenoxy) is 2. The zero-order valence-electron chi connectivity index (χ0n) is 19.3. The molecule has 4 rings (SSSR count). The van der Waals surface area contributed by atoms with Crippen LogP contribution in [0.2, 0.25) is 0 Å². The van der Waals surface area contributed by atoms with Crippen molar-refractivity contribution in [2.24, 2.45) is 0 Å². The number of carbonyl (C=O) groups is 3. The monoisotopic (exact) mass is 458 g/mol. The third kappa shape index (κ3) is 3.69. The summed E-state index contributed by atoms with van der Waals surface area (Å²) >= 11 is 0. The lowest BCUT2D eigenvalue weighted by atomic mass is 9.88. The van der Waals surface area contributed by atoms with Gasteiger partial charge >= 0.3 is 18.0 Å². The third-order valence-corrected chi connectivity index (χ3v) is 6.23. The SMILES string of the molecule is COC(=O)C1N(C(c2ccccc2)c2ccccc2)C(=O)N(c2ccccc2)C1(C)C(=O)OC. The molecule has 7 nitrogen and oxygen atoms in total. The third-order valence-electron chi connectivity index (χ3n) is 6.23. The van der Waals surface area contributed by atoms with Gasteiger partial charge in [-0.05, 0) is 30.2 Å². The highest BCUT2D eigenvalue weighted by atomic mass is 16.5. The van der Waals surface area contributed by atoms with Crippen LogP contribution in [0, 0.1) is 0 Å². The Morgan fingerprint density at radius 2 is 1.26 bits per heavy atom. The van der Waals surface area contributed by atoms with E-state index in [0.29, 0.717) is 5.69 Å². The summed E-state index contributed by atoms with van der Waals surface area (Å²) in [6.07, 6.45) is 0. The van der Waals surface area contributed by atoms with Crippen molar-refractivity contribution in [1.82, 2.24) is 4.90 Å². The van der Waals surface area contributed by atoms with Crippen molar-refractivity contribution in [3.63, 3.8) is 0 Å². The van der Waals surface area contributed by atoms with E-state index in [-0.39, 0.29) is 0 Å². The minimum absolute atomic E-state index is 0.469. The van der Waals surface area contributed by atoms with Gasteiger partial charge in [0.05, 0.1) is 20.3 Å². The van der Waals surface area contributed by atoms with Gasteiger partial charge in [0.15, 0.2) is 11.6 Å². The highest BCUT2D eigenvalue weighted by Crippen LogP contribution is 2.44. The maximum Gasteiger partial charge on any atom is 0.334 e. The lowest BCUT2D eigenvalue weighted by molar-refractivity contribution is -0.157. The van der Waals surface area contributed by atoms with E-state index < -0.39 is 35.6 Å². The molecule has 0 radical (unpaired) electrons. The zero-order valence-corrected chi connectivity index (χ0v) is 19.3. The predicted molar refractivity (Wildman–Crippen MR) is 127 cm³/mol. The summed E-state index contributed by atoms with van der Waals surface area (Å²) in [5.74, 6) is -1.43. The van der Waals surface area contributed by atoms with E-state index >= 15 is 0 Å². The van der Waals surface area contributed by atoms with Crippen LogP contribution in [0.15, 0.2) is 91.0 Å². The molecule has 2 atom stereocenters. The van der Waals surface area contributed by atoms with Gasteiger partial charge < -0.3 is 9.47 Å². The van der Waals surface area contributed by atoms with Crippen molar-refractivity contribution >= 4 is 23.7 Å². The normalized spacial score (nSPS) is 19.9. The first-order valence-corrected chi connectivity index (χ1v) is 10.9. The van der Waals surface area contributed by atoms with Crippen molar-refractivity contribution in [1.29, 1.82) is 0 Å². The summed E-state index contributed by atoms with van der Waals surface area (Å²) in [6.45, 7) is 1.54. The van der Waals surface area contributed by atoms with E-state index in [0.717, 1.165) is 11.1 Å². The van der Waals surface area contributed by atoms with Gasteiger partial charge in [-0.1, -0.05) is 78.9 Å². The number of amides is 2. The summed E-state index contributed by atoms with van der Waals surface area (Å²) in [7, 11) is 2.48. The molecule has 1 saturated heterocycles. The Kier molecular flexibility index (Phi) is 6.36. The molecule has 1 aliphatic heterocycles. The second kappa shape index (κ2) is 9.39. The number of methoxy groups -OCH3 is 2. The van der Waals surface area contributed by atoms with E-state index in [1.807, 2.05) is 66.7 Å². The Balaban J connectivity index is 2.00. The number of esters is 2. The van der Waals surface area contributed by atoms with Crippen LogP contribution in [0.4, 0.5) is 10.5 Å². The Morgan fingerprint density at radius 3 is 1.71 bits per heavy atom. The van der Waals surface area contributed by atoms with Crippen LogP contribution >= 0.6 is 0 Å². The molecule has 0 aliphatic carbocycles. The number of carbonyl (C=O) groups excluding carboxylic acids is 3. The zero-order chi connectivity index (χ0) is 24.3. The van der Waals surface area contributed by atoms with E-state index in [1.54, 1.807) is 31.2 Å². The van der Waals surface area contributed by atoms with Crippen molar-refractivity contribution < 1.29 is 23.9 Å². The van der Waals surface area contributed by atoms with Crippen molar-refractivity contribution in [3.05, 3.63) is 102 Å². The van der Waals surface area contributed by atoms with Crippen molar-refractivity contribution in [2.75, 3.05) is 19.1 Å². The summed E-state index contributed by atoms with van der Waals surface area (Å²) in [6, 6.07) is 25.1. The predicted octanol–water partition coefficient (Wildman–Crippen LogP) is 4.19. The van der Waals surface area contributed by atoms with E-state index in [4.69, 9.17) is 9.47 Å². The quantitative estimate of drug-likeness (QED) is 0.518. The minimum atomic E-state index is -1.68. The highest BCUT2D eigenvalue weighted by molar-refractivity contribution is 6.10. The summed E-state index contributed by atoms with van der Waals surface area (Å²) in [5, 5.41) is 0. The van der Waals surface area contributed by atoms with Gasteiger partial charge in [-0.15, -0.1) is 0 Å². The molecule has 1 aliphatic rings. The van der Waals surface area contributed by atoms with E-state index in [2.05, 4.69) is 0 Å². The fourth-order valence-electron chi connectivity index (χ4n) is 4.68. The number of nitrogens with zero attached hydrogens (tertiary/aromatic N) is 2. The summed E-state index contributed by atoms with van der Waals surface area (Å²) in [5.41, 5.74) is 0.370. The fourth-order valence-corrected chi connectivity index (χ4v) is 4.68. The van der Waals surface area contributed by atoms with Crippen molar-refractivity contribution in [3.8, 4) is 0 Å². The van der Waals surface area contributed by atoms with Crippen LogP contribution in [-0.4, -0.2) is 48.7 Å². The van der Waals surface area contributed by atoms with E-state index in [1.165, 1.54) is 24.0 Å². The molecule has 1 heterocycles. The number of anilines is 1. The molecule has 174 valence electrons. The first kappa shape index (κ1) is 23.0. The number of hydrogen-bond donors (Lipinski definition) is 0. The topological polar surface area (TPSA) is 76.2 Å². The molecule has 7 heteroatoms. The maximum absolute atomic E-state index is 14.2. The van der Waals surface area contributed by atoms with Gasteiger partial charge in [0.25, 0.3) is 0 Å². The average molecular weight is 459 g/mol. The Bertz CT molecular complexity index is 1130. The standard InChI is InChI=1S/C27H26N2O5/c1-27(25(31)34-3)23(24(30)33-2)28(26(32)29(27)21-17-11-6-12-18-21)22(19-13-7-4-8-14-19)20-15-9-5-10-16-20/h4-18,22-23H,1-3H3. The molecule has 0 aromatic heterocycles. The van der Waals surface area contributed by atoms with Gasteiger partial charge in [0, 0.05) is 5.69 Å². The Morgan fingerprint density at radius 1 is 0.794 bits per heavy atom. The van der Waals surface area contributed by atoms with Crippen LogP contribution in [0.25, 0.3) is 0 Å². The van der Waals surface area contributed by atoms with Crippen LogP contribution in [0.5, 0.6) is 0 Å². The molecule has 3 aromatic rings. The number of rotatable bonds is 6. The summed E-state index contributed by atoms with van der Waals surface area (Å²) in [4.78, 5) is 43.5. The Hall–Kier alpha value is -4.13. The second-order valence-electron chi connectivity index (χ2n) is 8.15. The fraction of sp³-hybridized carbons (Fsp3) is 0.222. The lowest BCUT2D eigenvalue weighted by Crippen LogP contribution is -2.59. The molecule has 3 aromatic carbocycles. The highest BCUT2D eigenvalue weighted by Gasteiger charge is 2.65. The molecule has 0 saturated carbocycles. The van der Waals surface area contributed by atoms with Crippen LogP contribution in [0.3, 0.4) is 0 Å². The van der Waals surface area contributed by atoms with Crippen LogP contribution in [0.1, 0.15) is 24.1 Å². The number of urea groups is 1. The number of hydrogen-bond acceptors (Lipinski definition) is 5. The molecule has 2 unspecified atom stereocenters. The lowest BCUT2D eigenvalue weighted by Gasteiger charge is -2.35. The molecule has 1 fully saturated rings. The van der Waals surface area contributed by atoms with Crippen LogP contribution < -0.4 is 4.90 Å². The number of benzene rings is 3. The molecule has 0 bridgehead atoms. The Labute approximate surface area is 198 Å². The van der Waals surface area contributed by atoms with Crippen LogP contribution in [-0.2, 0) is 19.1 Å². The summed E-state index contributed by atoms with van der Waals surface area (Å²) < 4.78 is 10.3. The van der Waals surface area contributed by atoms with Crippen molar-refractivity contribution in [2.45, 2.75) is 24.5 Å². The largest absolute Gasteiger partial charge is 0.467 e. The van der Waals surface area contributed by atoms with Gasteiger partial charge in [0.2, 0.25) is 0 Å². The molecule has 2 amide bonds. The van der Waals surface area contributed by atoms with Gasteiger partial charge in [-0.25, -0.2) is 14.4 Å². The second-order valence-corrected chi connectivity index (χ2v) is 8.15. The average Bonchev–Trinajstić information content (AvgIpc) is 3.12. The maximum atomic E-state index is 14.2. The molecular formula is C27H26N2O5. The number of para-hydroxylation sites is 1. The van der Waals surface area contributed by atoms with Gasteiger partial charge in [0.1, 0.15) is 0 Å². The van der Waals surface area contributed by atoms with Gasteiger partial charge in [-0.2, -0.15) is 0 Å². The van der Waals surface area contributed by atoms with E-state index in [9.17, 15) is 14.4 Å². The molecule has 34 heavy (non-hydrogen) atoms. The van der Waals surface area contributed by atoms with Gasteiger partial charge in [-0.3, -0.25) is 9.80 Å². The molecule has 0 N–H and O–H groups in total. The first-order valence-electron chi connectivity index (χ1n) is 10.9.